The zero-order valence-corrected chi connectivity index (χ0v) is 10.6. The summed E-state index contributed by atoms with van der Waals surface area (Å²) < 4.78 is 1.58. The van der Waals surface area contributed by atoms with Crippen LogP contribution >= 0.6 is 0 Å². The summed E-state index contributed by atoms with van der Waals surface area (Å²) in [6.07, 6.45) is 3.17. The number of rotatable bonds is 3. The molecule has 1 heterocycles. The lowest BCUT2D eigenvalue weighted by atomic mass is 10.1. The molecule has 1 rings (SSSR count). The summed E-state index contributed by atoms with van der Waals surface area (Å²) in [5.74, 6) is -0.0108. The lowest BCUT2D eigenvalue weighted by molar-refractivity contribution is -0.118. The standard InChI is InChI=1S/C11H18N4O2/c1-11(2,3)15-6-5-13-9(10(15)17)14-7-8(16)12-4/h5-6H,7H2,1-4H3,(H,12,16)(H,13,14). The predicted octanol–water partition coefficient (Wildman–Crippen LogP) is 0.156. The number of nitrogens with zero attached hydrogens (tertiary/aromatic N) is 2. The molecule has 2 N–H and O–H groups in total. The molecule has 6 heteroatoms. The van der Waals surface area contributed by atoms with E-state index in [1.54, 1.807) is 17.0 Å². The van der Waals surface area contributed by atoms with E-state index in [1.165, 1.54) is 7.05 Å². The number of aromatic nitrogens is 2. The summed E-state index contributed by atoms with van der Waals surface area (Å²) in [4.78, 5) is 27.0. The van der Waals surface area contributed by atoms with E-state index in [1.807, 2.05) is 20.8 Å². The van der Waals surface area contributed by atoms with E-state index in [2.05, 4.69) is 15.6 Å². The average Bonchev–Trinajstić information content (AvgIpc) is 2.25. The summed E-state index contributed by atoms with van der Waals surface area (Å²) in [5.41, 5.74) is -0.549. The van der Waals surface area contributed by atoms with Crippen molar-refractivity contribution in [3.05, 3.63) is 22.7 Å². The smallest absolute Gasteiger partial charge is 0.293 e. The van der Waals surface area contributed by atoms with Gasteiger partial charge in [-0.15, -0.1) is 0 Å². The van der Waals surface area contributed by atoms with Crippen LogP contribution < -0.4 is 16.2 Å². The largest absolute Gasteiger partial charge is 0.358 e. The Bertz CT molecular complexity index is 459. The molecule has 94 valence electrons. The van der Waals surface area contributed by atoms with Gasteiger partial charge in [0.05, 0.1) is 6.54 Å². The Hall–Kier alpha value is -1.85. The van der Waals surface area contributed by atoms with Crippen molar-refractivity contribution in [1.82, 2.24) is 14.9 Å². The summed E-state index contributed by atoms with van der Waals surface area (Å²) in [5, 5.41) is 5.18. The predicted molar refractivity (Wildman–Crippen MR) is 66.0 cm³/mol. The first-order chi connectivity index (χ1) is 7.86. The molecule has 0 aliphatic carbocycles. The summed E-state index contributed by atoms with van der Waals surface area (Å²) in [7, 11) is 1.54. The van der Waals surface area contributed by atoms with Crippen LogP contribution in [-0.4, -0.2) is 29.1 Å². The third-order valence-electron chi connectivity index (χ3n) is 2.26. The number of anilines is 1. The third-order valence-corrected chi connectivity index (χ3v) is 2.26. The topological polar surface area (TPSA) is 76.0 Å². The van der Waals surface area contributed by atoms with Gasteiger partial charge in [0, 0.05) is 25.0 Å². The van der Waals surface area contributed by atoms with Crippen molar-refractivity contribution in [1.29, 1.82) is 0 Å². The van der Waals surface area contributed by atoms with Crippen LogP contribution in [0.2, 0.25) is 0 Å². The van der Waals surface area contributed by atoms with Gasteiger partial charge in [-0.3, -0.25) is 9.59 Å². The minimum Gasteiger partial charge on any atom is -0.358 e. The number of nitrogens with one attached hydrogen (secondary N) is 2. The second-order valence-electron chi connectivity index (χ2n) is 4.65. The molecule has 6 nitrogen and oxygen atoms in total. The quantitative estimate of drug-likeness (QED) is 0.786. The van der Waals surface area contributed by atoms with E-state index in [-0.39, 0.29) is 29.4 Å². The van der Waals surface area contributed by atoms with Crippen molar-refractivity contribution in [3.8, 4) is 0 Å². The molecule has 0 aliphatic rings. The number of likely N-dealkylation sites (N-methyl/N-ethyl adjacent to an activating group) is 1. The van der Waals surface area contributed by atoms with E-state index >= 15 is 0 Å². The minimum atomic E-state index is -0.316. The van der Waals surface area contributed by atoms with Crippen LogP contribution in [0.3, 0.4) is 0 Å². The normalized spacial score (nSPS) is 11.1. The number of amides is 1. The Morgan fingerprint density at radius 3 is 2.65 bits per heavy atom. The van der Waals surface area contributed by atoms with Gasteiger partial charge < -0.3 is 15.2 Å². The Kier molecular flexibility index (Phi) is 3.88. The van der Waals surface area contributed by atoms with Crippen LogP contribution in [0.1, 0.15) is 20.8 Å². The van der Waals surface area contributed by atoms with Gasteiger partial charge in [0.25, 0.3) is 5.56 Å². The molecule has 0 saturated heterocycles. The van der Waals surface area contributed by atoms with Crippen LogP contribution in [-0.2, 0) is 10.3 Å². The lowest BCUT2D eigenvalue weighted by Crippen LogP contribution is -2.36. The fourth-order valence-corrected chi connectivity index (χ4v) is 1.31. The number of hydrogen-bond donors (Lipinski definition) is 2. The van der Waals surface area contributed by atoms with Crippen LogP contribution in [0.5, 0.6) is 0 Å². The maximum atomic E-state index is 12.0. The highest BCUT2D eigenvalue weighted by atomic mass is 16.2. The van der Waals surface area contributed by atoms with Crippen molar-refractivity contribution in [2.24, 2.45) is 0 Å². The average molecular weight is 238 g/mol. The van der Waals surface area contributed by atoms with Crippen molar-refractivity contribution >= 4 is 11.7 Å². The highest BCUT2D eigenvalue weighted by molar-refractivity contribution is 5.79. The molecule has 1 aromatic rings. The van der Waals surface area contributed by atoms with Crippen molar-refractivity contribution in [3.63, 3.8) is 0 Å². The SMILES string of the molecule is CNC(=O)CNc1nccn(C(C)(C)C)c1=O. The first kappa shape index (κ1) is 13.2. The fraction of sp³-hybridized carbons (Fsp3) is 0.545. The minimum absolute atomic E-state index is 0.0346. The molecule has 0 atom stereocenters. The zero-order valence-electron chi connectivity index (χ0n) is 10.6. The Labute approximate surface area is 100 Å². The van der Waals surface area contributed by atoms with Crippen LogP contribution in [0.15, 0.2) is 17.2 Å². The molecule has 17 heavy (non-hydrogen) atoms. The molecular formula is C11H18N4O2. The van der Waals surface area contributed by atoms with E-state index in [0.29, 0.717) is 0 Å². The molecule has 0 spiro atoms. The van der Waals surface area contributed by atoms with Crippen LogP contribution in [0.4, 0.5) is 5.82 Å². The van der Waals surface area contributed by atoms with E-state index in [4.69, 9.17) is 0 Å². The van der Waals surface area contributed by atoms with E-state index in [0.717, 1.165) is 0 Å². The van der Waals surface area contributed by atoms with Crippen molar-refractivity contribution < 1.29 is 4.79 Å². The Morgan fingerprint density at radius 1 is 1.47 bits per heavy atom. The molecule has 0 radical (unpaired) electrons. The van der Waals surface area contributed by atoms with Gasteiger partial charge >= 0.3 is 0 Å². The number of carbonyl (C=O) groups excluding carboxylic acids is 1. The molecule has 0 aliphatic heterocycles. The molecule has 0 aromatic carbocycles. The summed E-state index contributed by atoms with van der Waals surface area (Å²) in [6.45, 7) is 5.82. The highest BCUT2D eigenvalue weighted by Gasteiger charge is 2.16. The Morgan fingerprint density at radius 2 is 2.12 bits per heavy atom. The summed E-state index contributed by atoms with van der Waals surface area (Å²) >= 11 is 0. The molecule has 1 amide bonds. The van der Waals surface area contributed by atoms with Gasteiger partial charge in [-0.1, -0.05) is 0 Å². The second kappa shape index (κ2) is 4.99. The molecule has 0 bridgehead atoms. The number of hydrogen-bond acceptors (Lipinski definition) is 4. The highest BCUT2D eigenvalue weighted by Crippen LogP contribution is 2.10. The monoisotopic (exact) mass is 238 g/mol. The van der Waals surface area contributed by atoms with Gasteiger partial charge in [0.1, 0.15) is 0 Å². The second-order valence-corrected chi connectivity index (χ2v) is 4.65. The van der Waals surface area contributed by atoms with E-state index in [9.17, 15) is 9.59 Å². The number of carbonyl (C=O) groups is 1. The lowest BCUT2D eigenvalue weighted by Gasteiger charge is -2.22. The molecule has 0 saturated carbocycles. The first-order valence-electron chi connectivity index (χ1n) is 5.39. The Balaban J connectivity index is 2.96. The summed E-state index contributed by atoms with van der Waals surface area (Å²) in [6, 6.07) is 0. The maximum Gasteiger partial charge on any atom is 0.293 e. The fourth-order valence-electron chi connectivity index (χ4n) is 1.31. The molecule has 1 aromatic heterocycles. The maximum absolute atomic E-state index is 12.0. The van der Waals surface area contributed by atoms with Gasteiger partial charge in [-0.05, 0) is 20.8 Å². The van der Waals surface area contributed by atoms with Crippen LogP contribution in [0, 0.1) is 0 Å². The van der Waals surface area contributed by atoms with Gasteiger partial charge in [-0.2, -0.15) is 0 Å². The molecular weight excluding hydrogens is 220 g/mol. The first-order valence-corrected chi connectivity index (χ1v) is 5.39. The third kappa shape index (κ3) is 3.30. The van der Waals surface area contributed by atoms with Gasteiger partial charge in [0.2, 0.25) is 5.91 Å². The molecule has 0 unspecified atom stereocenters. The zero-order chi connectivity index (χ0) is 13.1. The van der Waals surface area contributed by atoms with Crippen molar-refractivity contribution in [2.75, 3.05) is 18.9 Å². The van der Waals surface area contributed by atoms with Crippen molar-refractivity contribution in [2.45, 2.75) is 26.3 Å². The van der Waals surface area contributed by atoms with Gasteiger partial charge in [-0.25, -0.2) is 4.98 Å². The van der Waals surface area contributed by atoms with Crippen LogP contribution in [0.25, 0.3) is 0 Å². The van der Waals surface area contributed by atoms with E-state index < -0.39 is 0 Å². The molecule has 0 fully saturated rings. The van der Waals surface area contributed by atoms with Gasteiger partial charge in [0.15, 0.2) is 5.82 Å².